The Hall–Kier alpha value is -0.0800. The fourth-order valence-corrected chi connectivity index (χ4v) is 1.59. The summed E-state index contributed by atoms with van der Waals surface area (Å²) in [4.78, 5) is 0. The van der Waals surface area contributed by atoms with Crippen LogP contribution in [0.25, 0.3) is 0 Å². The van der Waals surface area contributed by atoms with Crippen molar-refractivity contribution in [2.75, 3.05) is 19.8 Å². The predicted octanol–water partition coefficient (Wildman–Crippen LogP) is 3.07. The van der Waals surface area contributed by atoms with Crippen molar-refractivity contribution >= 4 is 0 Å². The van der Waals surface area contributed by atoms with Crippen molar-refractivity contribution in [3.63, 3.8) is 0 Å². The van der Waals surface area contributed by atoms with E-state index >= 15 is 0 Å². The zero-order valence-electron chi connectivity index (χ0n) is 11.2. The molecule has 0 aliphatic heterocycles. The first-order valence-corrected chi connectivity index (χ1v) is 6.33. The van der Waals surface area contributed by atoms with Gasteiger partial charge in [0, 0.05) is 19.2 Å². The average Bonchev–Trinajstić information content (AvgIpc) is 2.09. The van der Waals surface area contributed by atoms with E-state index in [4.69, 9.17) is 4.74 Å². The molecule has 0 saturated heterocycles. The molecule has 0 spiro atoms. The molecule has 0 fully saturated rings. The molecule has 1 atom stereocenters. The van der Waals surface area contributed by atoms with Gasteiger partial charge in [0.15, 0.2) is 0 Å². The molecule has 0 saturated carbocycles. The summed E-state index contributed by atoms with van der Waals surface area (Å²) in [5, 5.41) is 3.48. The highest BCUT2D eigenvalue weighted by atomic mass is 16.5. The van der Waals surface area contributed by atoms with E-state index in [-0.39, 0.29) is 0 Å². The van der Waals surface area contributed by atoms with Crippen LogP contribution in [0, 0.1) is 11.8 Å². The molecule has 1 N–H and O–H groups in total. The third-order valence-corrected chi connectivity index (χ3v) is 2.40. The predicted molar refractivity (Wildman–Crippen MR) is 67.2 cm³/mol. The molecule has 0 aromatic rings. The van der Waals surface area contributed by atoms with Gasteiger partial charge in [0.25, 0.3) is 0 Å². The highest BCUT2D eigenvalue weighted by Gasteiger charge is 2.03. The van der Waals surface area contributed by atoms with Gasteiger partial charge in [-0.3, -0.25) is 0 Å². The van der Waals surface area contributed by atoms with Crippen molar-refractivity contribution in [1.29, 1.82) is 0 Å². The van der Waals surface area contributed by atoms with Crippen molar-refractivity contribution in [3.05, 3.63) is 0 Å². The molecule has 0 aliphatic carbocycles. The lowest BCUT2D eigenvalue weighted by Gasteiger charge is -2.15. The summed E-state index contributed by atoms with van der Waals surface area (Å²) in [5.41, 5.74) is 0. The minimum atomic E-state index is 0.610. The largest absolute Gasteiger partial charge is 0.380 e. The molecule has 0 rings (SSSR count). The van der Waals surface area contributed by atoms with Gasteiger partial charge in [-0.15, -0.1) is 0 Å². The Bertz CT molecular complexity index is 134. The van der Waals surface area contributed by atoms with Crippen LogP contribution in [-0.4, -0.2) is 25.8 Å². The van der Waals surface area contributed by atoms with E-state index in [0.29, 0.717) is 6.04 Å². The van der Waals surface area contributed by atoms with Crippen LogP contribution in [0.4, 0.5) is 0 Å². The molecule has 2 nitrogen and oxygen atoms in total. The standard InChI is InChI=1S/C13H29NO/c1-11(2)6-8-15-9-7-14-13(5)10-12(3)4/h11-14H,6-10H2,1-5H3. The molecule has 0 amide bonds. The zero-order chi connectivity index (χ0) is 11.7. The monoisotopic (exact) mass is 215 g/mol. The number of hydrogen-bond acceptors (Lipinski definition) is 2. The van der Waals surface area contributed by atoms with Crippen molar-refractivity contribution in [1.82, 2.24) is 5.32 Å². The molecule has 92 valence electrons. The normalized spacial score (nSPS) is 13.8. The van der Waals surface area contributed by atoms with Gasteiger partial charge >= 0.3 is 0 Å². The Balaban J connectivity index is 3.16. The van der Waals surface area contributed by atoms with E-state index in [9.17, 15) is 0 Å². The van der Waals surface area contributed by atoms with Gasteiger partial charge in [-0.25, -0.2) is 0 Å². The lowest BCUT2D eigenvalue weighted by molar-refractivity contribution is 0.123. The smallest absolute Gasteiger partial charge is 0.0591 e. The van der Waals surface area contributed by atoms with Crippen LogP contribution in [0.1, 0.15) is 47.5 Å². The second kappa shape index (κ2) is 9.17. The molecule has 0 heterocycles. The van der Waals surface area contributed by atoms with Gasteiger partial charge in [-0.2, -0.15) is 0 Å². The first kappa shape index (κ1) is 14.9. The summed E-state index contributed by atoms with van der Waals surface area (Å²) in [7, 11) is 0. The molecule has 15 heavy (non-hydrogen) atoms. The number of hydrogen-bond donors (Lipinski definition) is 1. The summed E-state index contributed by atoms with van der Waals surface area (Å²) in [6.07, 6.45) is 2.41. The summed E-state index contributed by atoms with van der Waals surface area (Å²) >= 11 is 0. The zero-order valence-corrected chi connectivity index (χ0v) is 11.2. The highest BCUT2D eigenvalue weighted by Crippen LogP contribution is 2.03. The van der Waals surface area contributed by atoms with Crippen LogP contribution in [0.3, 0.4) is 0 Å². The second-order valence-electron chi connectivity index (χ2n) is 5.28. The molecule has 0 radical (unpaired) electrons. The van der Waals surface area contributed by atoms with E-state index in [2.05, 4.69) is 39.9 Å². The first-order chi connectivity index (χ1) is 7.02. The number of ether oxygens (including phenoxy) is 1. The maximum absolute atomic E-state index is 5.54. The van der Waals surface area contributed by atoms with E-state index in [1.165, 1.54) is 12.8 Å². The Labute approximate surface area is 95.8 Å². The van der Waals surface area contributed by atoms with Crippen LogP contribution in [0.5, 0.6) is 0 Å². The molecule has 1 unspecified atom stereocenters. The summed E-state index contributed by atoms with van der Waals surface area (Å²) in [6, 6.07) is 0.610. The topological polar surface area (TPSA) is 21.3 Å². The lowest BCUT2D eigenvalue weighted by atomic mass is 10.1. The van der Waals surface area contributed by atoms with Crippen molar-refractivity contribution < 1.29 is 4.74 Å². The summed E-state index contributed by atoms with van der Waals surface area (Å²) < 4.78 is 5.54. The van der Waals surface area contributed by atoms with E-state index in [0.717, 1.165) is 31.6 Å². The van der Waals surface area contributed by atoms with Gasteiger partial charge in [0.05, 0.1) is 6.61 Å². The van der Waals surface area contributed by atoms with Crippen molar-refractivity contribution in [3.8, 4) is 0 Å². The van der Waals surface area contributed by atoms with Crippen LogP contribution in [0.15, 0.2) is 0 Å². The van der Waals surface area contributed by atoms with E-state index < -0.39 is 0 Å². The minimum absolute atomic E-state index is 0.610. The quantitative estimate of drug-likeness (QED) is 0.597. The fourth-order valence-electron chi connectivity index (χ4n) is 1.59. The SMILES string of the molecule is CC(C)CCOCCNC(C)CC(C)C. The Morgan fingerprint density at radius 1 is 0.933 bits per heavy atom. The molecule has 2 heteroatoms. The molecular weight excluding hydrogens is 186 g/mol. The van der Waals surface area contributed by atoms with Gasteiger partial charge in [-0.1, -0.05) is 27.7 Å². The van der Waals surface area contributed by atoms with Gasteiger partial charge in [-0.05, 0) is 31.6 Å². The molecule has 0 aromatic carbocycles. The Morgan fingerprint density at radius 2 is 1.60 bits per heavy atom. The lowest BCUT2D eigenvalue weighted by Crippen LogP contribution is -2.30. The third-order valence-electron chi connectivity index (χ3n) is 2.40. The molecule has 0 bridgehead atoms. The van der Waals surface area contributed by atoms with Gasteiger partial charge in [0.1, 0.15) is 0 Å². The van der Waals surface area contributed by atoms with E-state index in [1.54, 1.807) is 0 Å². The summed E-state index contributed by atoms with van der Waals surface area (Å²) in [5.74, 6) is 1.52. The number of rotatable bonds is 9. The minimum Gasteiger partial charge on any atom is -0.380 e. The van der Waals surface area contributed by atoms with Crippen molar-refractivity contribution in [2.45, 2.75) is 53.5 Å². The third kappa shape index (κ3) is 11.8. The summed E-state index contributed by atoms with van der Waals surface area (Å²) in [6.45, 7) is 13.9. The number of nitrogens with one attached hydrogen (secondary N) is 1. The molecule has 0 aromatic heterocycles. The van der Waals surface area contributed by atoms with Gasteiger partial charge in [0.2, 0.25) is 0 Å². The van der Waals surface area contributed by atoms with Gasteiger partial charge < -0.3 is 10.1 Å². The Kier molecular flexibility index (Phi) is 9.12. The van der Waals surface area contributed by atoms with Crippen LogP contribution >= 0.6 is 0 Å². The van der Waals surface area contributed by atoms with E-state index in [1.807, 2.05) is 0 Å². The molecular formula is C13H29NO. The Morgan fingerprint density at radius 3 is 2.13 bits per heavy atom. The maximum Gasteiger partial charge on any atom is 0.0591 e. The highest BCUT2D eigenvalue weighted by molar-refractivity contribution is 4.62. The van der Waals surface area contributed by atoms with Crippen LogP contribution in [-0.2, 0) is 4.74 Å². The molecule has 0 aliphatic rings. The first-order valence-electron chi connectivity index (χ1n) is 6.33. The van der Waals surface area contributed by atoms with Crippen molar-refractivity contribution in [2.24, 2.45) is 11.8 Å². The second-order valence-corrected chi connectivity index (χ2v) is 5.28. The van der Waals surface area contributed by atoms with Crippen LogP contribution < -0.4 is 5.32 Å². The van der Waals surface area contributed by atoms with Crippen LogP contribution in [0.2, 0.25) is 0 Å². The maximum atomic E-state index is 5.54. The average molecular weight is 215 g/mol. The fraction of sp³-hybridized carbons (Fsp3) is 1.00.